The van der Waals surface area contributed by atoms with Crippen LogP contribution in [0.3, 0.4) is 0 Å². The van der Waals surface area contributed by atoms with E-state index in [-0.39, 0.29) is 5.91 Å². The molecular weight excluding hydrogens is 380 g/mol. The fourth-order valence-electron chi connectivity index (χ4n) is 4.04. The molecule has 0 aliphatic heterocycles. The molecule has 4 rings (SSSR count). The summed E-state index contributed by atoms with van der Waals surface area (Å²) in [6.45, 7) is 2.10. The van der Waals surface area contributed by atoms with E-state index in [4.69, 9.17) is 0 Å². The second-order valence-electron chi connectivity index (χ2n) is 7.63. The number of amides is 1. The maximum atomic E-state index is 12.6. The number of nitrogens with one attached hydrogen (secondary N) is 1. The lowest BCUT2D eigenvalue weighted by molar-refractivity contribution is 0.0951. The second-order valence-corrected chi connectivity index (χ2v) is 7.63. The number of nitrogens with zero attached hydrogens (tertiary/aromatic N) is 1. The first-order valence-electron chi connectivity index (χ1n) is 10.6. The van der Waals surface area contributed by atoms with Gasteiger partial charge in [0.05, 0.1) is 6.54 Å². The van der Waals surface area contributed by atoms with Crippen molar-refractivity contribution in [1.82, 2.24) is 9.80 Å². The lowest BCUT2D eigenvalue weighted by Crippen LogP contribution is -2.48. The summed E-state index contributed by atoms with van der Waals surface area (Å²) in [5.41, 5.74) is 4.34. The minimum absolute atomic E-state index is 0.0421. The first-order chi connectivity index (χ1) is 15.3. The molecule has 0 saturated carbocycles. The molecule has 4 aromatic carbocycles. The van der Waals surface area contributed by atoms with Crippen molar-refractivity contribution in [3.63, 3.8) is 0 Å². The van der Waals surface area contributed by atoms with Crippen molar-refractivity contribution in [2.45, 2.75) is 6.54 Å². The number of carbonyl (C=O) groups excluding carboxylic acids is 1. The maximum absolute atomic E-state index is 12.6. The Bertz CT molecular complexity index is 1040. The van der Waals surface area contributed by atoms with Gasteiger partial charge >= 0.3 is 0 Å². The van der Waals surface area contributed by atoms with Crippen molar-refractivity contribution in [3.8, 4) is 0 Å². The number of hydrogen-bond donors (Lipinski definition) is 1. The molecule has 0 spiro atoms. The van der Waals surface area contributed by atoms with Crippen LogP contribution in [0.5, 0.6) is 0 Å². The van der Waals surface area contributed by atoms with Crippen molar-refractivity contribution >= 4 is 17.3 Å². The van der Waals surface area contributed by atoms with Crippen LogP contribution >= 0.6 is 0 Å². The number of benzene rings is 4. The van der Waals surface area contributed by atoms with Gasteiger partial charge in [-0.05, 0) is 36.4 Å². The van der Waals surface area contributed by atoms with E-state index in [0.717, 1.165) is 13.1 Å². The molecule has 4 aromatic rings. The molecule has 0 unspecified atom stereocenters. The van der Waals surface area contributed by atoms with Crippen LogP contribution in [-0.2, 0) is 6.54 Å². The molecule has 0 radical (unpaired) electrons. The van der Waals surface area contributed by atoms with Gasteiger partial charge in [0.1, 0.15) is 24.5 Å². The van der Waals surface area contributed by atoms with E-state index in [0.29, 0.717) is 16.6 Å². The highest BCUT2D eigenvalue weighted by atomic mass is 16.1. The summed E-state index contributed by atoms with van der Waals surface area (Å²) in [6.07, 6.45) is 0. The fraction of sp³-hybridized carbons (Fsp3) is 0.107. The van der Waals surface area contributed by atoms with E-state index in [1.54, 1.807) is 0 Å². The van der Waals surface area contributed by atoms with Crippen LogP contribution in [-0.4, -0.2) is 19.0 Å². The van der Waals surface area contributed by atoms with Crippen molar-refractivity contribution < 1.29 is 4.79 Å². The number of quaternary nitrogens is 1. The minimum Gasteiger partial charge on any atom is -0.346 e. The first-order valence-corrected chi connectivity index (χ1v) is 10.6. The van der Waals surface area contributed by atoms with E-state index >= 15 is 0 Å². The third-order valence-corrected chi connectivity index (χ3v) is 5.61. The largest absolute Gasteiger partial charge is 0.346 e. The van der Waals surface area contributed by atoms with Crippen molar-refractivity contribution in [3.05, 3.63) is 132 Å². The van der Waals surface area contributed by atoms with Gasteiger partial charge in [0.15, 0.2) is 0 Å². The van der Waals surface area contributed by atoms with Crippen LogP contribution in [0, 0.1) is 0 Å². The predicted molar refractivity (Wildman–Crippen MR) is 128 cm³/mol. The Morgan fingerprint density at radius 2 is 1.06 bits per heavy atom. The standard InChI is InChI=1S/C28H26N2O/c31-28(25-15-7-2-8-16-25)29-21-22-30(26-17-9-3-10-18-26,27-19-11-4-12-20-27)23-24-13-5-1-6-14-24/h1-20H,21-23H2/p+1. The van der Waals surface area contributed by atoms with Gasteiger partial charge in [-0.2, -0.15) is 0 Å². The van der Waals surface area contributed by atoms with Crippen LogP contribution in [0.4, 0.5) is 11.4 Å². The topological polar surface area (TPSA) is 29.1 Å². The van der Waals surface area contributed by atoms with Gasteiger partial charge in [-0.1, -0.05) is 84.9 Å². The first kappa shape index (κ1) is 20.6. The van der Waals surface area contributed by atoms with E-state index in [9.17, 15) is 4.79 Å². The van der Waals surface area contributed by atoms with Crippen molar-refractivity contribution in [2.24, 2.45) is 0 Å². The summed E-state index contributed by atoms with van der Waals surface area (Å²) >= 11 is 0. The molecule has 0 bridgehead atoms. The monoisotopic (exact) mass is 407 g/mol. The molecule has 0 saturated heterocycles. The molecule has 3 heteroatoms. The fourth-order valence-corrected chi connectivity index (χ4v) is 4.04. The van der Waals surface area contributed by atoms with Crippen molar-refractivity contribution in [2.75, 3.05) is 13.1 Å². The quantitative estimate of drug-likeness (QED) is 0.359. The Labute approximate surface area is 184 Å². The molecule has 0 aromatic heterocycles. The zero-order valence-corrected chi connectivity index (χ0v) is 17.5. The predicted octanol–water partition coefficient (Wildman–Crippen LogP) is 5.96. The molecule has 0 atom stereocenters. The molecule has 1 N–H and O–H groups in total. The highest BCUT2D eigenvalue weighted by Gasteiger charge is 2.33. The highest BCUT2D eigenvalue weighted by molar-refractivity contribution is 5.94. The summed E-state index contributed by atoms with van der Waals surface area (Å²) in [7, 11) is 0. The smallest absolute Gasteiger partial charge is 0.251 e. The molecule has 0 aliphatic rings. The van der Waals surface area contributed by atoms with Gasteiger partial charge in [-0.3, -0.25) is 9.28 Å². The maximum Gasteiger partial charge on any atom is 0.251 e. The van der Waals surface area contributed by atoms with E-state index in [1.807, 2.05) is 48.5 Å². The van der Waals surface area contributed by atoms with Crippen LogP contribution < -0.4 is 9.80 Å². The lowest BCUT2D eigenvalue weighted by Gasteiger charge is -2.38. The number of rotatable bonds is 8. The van der Waals surface area contributed by atoms with Crippen LogP contribution in [0.15, 0.2) is 121 Å². The lowest BCUT2D eigenvalue weighted by atomic mass is 10.1. The van der Waals surface area contributed by atoms with Gasteiger partial charge in [0.25, 0.3) is 5.91 Å². The summed E-state index contributed by atoms with van der Waals surface area (Å²) < 4.78 is 0.626. The summed E-state index contributed by atoms with van der Waals surface area (Å²) in [5, 5.41) is 3.12. The van der Waals surface area contributed by atoms with E-state index in [2.05, 4.69) is 78.1 Å². The molecule has 0 fully saturated rings. The van der Waals surface area contributed by atoms with Gasteiger partial charge < -0.3 is 5.32 Å². The highest BCUT2D eigenvalue weighted by Crippen LogP contribution is 2.36. The minimum atomic E-state index is -0.0421. The number of para-hydroxylation sites is 2. The molecule has 3 nitrogen and oxygen atoms in total. The Balaban J connectivity index is 1.68. The number of hydrogen-bond acceptors (Lipinski definition) is 1. The zero-order valence-electron chi connectivity index (χ0n) is 17.5. The van der Waals surface area contributed by atoms with Crippen molar-refractivity contribution in [1.29, 1.82) is 0 Å². The molecular formula is C28H27N2O+. The third kappa shape index (κ3) is 4.90. The van der Waals surface area contributed by atoms with Crippen LogP contribution in [0.1, 0.15) is 15.9 Å². The van der Waals surface area contributed by atoms with Gasteiger partial charge in [0, 0.05) is 11.1 Å². The third-order valence-electron chi connectivity index (χ3n) is 5.61. The summed E-state index contributed by atoms with van der Waals surface area (Å²) in [5.74, 6) is -0.0421. The SMILES string of the molecule is O=C(NCC[N+](Cc1ccccc1)(c1ccccc1)c1ccccc1)c1ccccc1. The van der Waals surface area contributed by atoms with E-state index < -0.39 is 0 Å². The van der Waals surface area contributed by atoms with Gasteiger partial charge in [0.2, 0.25) is 0 Å². The second kappa shape index (κ2) is 9.88. The molecule has 1 amide bonds. The molecule has 0 heterocycles. The molecule has 154 valence electrons. The Hall–Kier alpha value is -3.69. The molecule has 0 aliphatic carbocycles. The van der Waals surface area contributed by atoms with Crippen LogP contribution in [0.25, 0.3) is 0 Å². The normalized spacial score (nSPS) is 11.1. The summed E-state index contributed by atoms with van der Waals surface area (Å²) in [4.78, 5) is 12.6. The Kier molecular flexibility index (Phi) is 6.56. The average Bonchev–Trinajstić information content (AvgIpc) is 2.85. The average molecular weight is 408 g/mol. The number of carbonyl (C=O) groups is 1. The van der Waals surface area contributed by atoms with Gasteiger partial charge in [-0.15, -0.1) is 0 Å². The Morgan fingerprint density at radius 3 is 1.58 bits per heavy atom. The van der Waals surface area contributed by atoms with E-state index in [1.165, 1.54) is 16.9 Å². The zero-order chi connectivity index (χ0) is 21.4. The van der Waals surface area contributed by atoms with Gasteiger partial charge in [-0.25, -0.2) is 0 Å². The van der Waals surface area contributed by atoms with Crippen LogP contribution in [0.2, 0.25) is 0 Å². The molecule has 31 heavy (non-hydrogen) atoms. The summed E-state index contributed by atoms with van der Waals surface area (Å²) in [6, 6.07) is 41.0. The Morgan fingerprint density at radius 1 is 0.613 bits per heavy atom.